The fraction of sp³-hybridized carbons (Fsp3) is 0.368. The normalized spacial score (nSPS) is 24.5. The van der Waals surface area contributed by atoms with Crippen LogP contribution in [0.15, 0.2) is 48.5 Å². The first-order chi connectivity index (χ1) is 9.98. The van der Waals surface area contributed by atoms with Crippen LogP contribution in [0.3, 0.4) is 0 Å². The summed E-state index contributed by atoms with van der Waals surface area (Å²) >= 11 is 0. The molecule has 0 fully saturated rings. The Morgan fingerprint density at radius 1 is 0.952 bits per heavy atom. The maximum Gasteiger partial charge on any atom is 0.171 e. The minimum Gasteiger partial charge on any atom is -0.315 e. The smallest absolute Gasteiger partial charge is 0.171 e. The van der Waals surface area contributed by atoms with E-state index in [0.717, 1.165) is 4.48 Å². The van der Waals surface area contributed by atoms with E-state index in [1.54, 1.807) is 0 Å². The zero-order valence-corrected chi connectivity index (χ0v) is 13.7. The molecule has 0 N–H and O–H groups in total. The van der Waals surface area contributed by atoms with Gasteiger partial charge in [0.2, 0.25) is 0 Å². The molecule has 0 spiro atoms. The van der Waals surface area contributed by atoms with Gasteiger partial charge in [0.25, 0.3) is 0 Å². The topological polar surface area (TPSA) is 3.24 Å². The number of hydrogen-bond donors (Lipinski definition) is 0. The molecule has 0 aromatic heterocycles. The Labute approximate surface area is 128 Å². The summed E-state index contributed by atoms with van der Waals surface area (Å²) in [6.45, 7) is 9.11. The van der Waals surface area contributed by atoms with Crippen molar-refractivity contribution in [2.75, 3.05) is 11.9 Å². The van der Waals surface area contributed by atoms with E-state index in [2.05, 4.69) is 88.2 Å². The summed E-state index contributed by atoms with van der Waals surface area (Å²) in [5.74, 6) is 0. The van der Waals surface area contributed by atoms with Crippen LogP contribution >= 0.6 is 0 Å². The number of quaternary nitrogens is 1. The number of benzene rings is 2. The van der Waals surface area contributed by atoms with Gasteiger partial charge in [0.05, 0.1) is 7.05 Å². The molecule has 3 rings (SSSR count). The third-order valence-corrected chi connectivity index (χ3v) is 4.98. The lowest BCUT2D eigenvalue weighted by molar-refractivity contribution is 0.358. The molecule has 2 aromatic rings. The molecule has 2 aromatic carbocycles. The van der Waals surface area contributed by atoms with Gasteiger partial charge in [0, 0.05) is 24.6 Å². The monoisotopic (exact) mass is 281 g/mol. The van der Waals surface area contributed by atoms with Crippen molar-refractivity contribution < 1.29 is 0 Å². The first-order valence-electron chi connectivity index (χ1n) is 7.78. The summed E-state index contributed by atoms with van der Waals surface area (Å²) in [5, 5.41) is 0. The molecule has 1 aliphatic rings. The van der Waals surface area contributed by atoms with E-state index in [1.807, 2.05) is 0 Å². The summed E-state index contributed by atoms with van der Waals surface area (Å²) in [6, 6.07) is 18.1. The predicted octanol–water partition coefficient (Wildman–Crippen LogP) is 4.84. The molecule has 2 nitrogen and oxygen atoms in total. The predicted molar refractivity (Wildman–Crippen MR) is 92.1 cm³/mol. The summed E-state index contributed by atoms with van der Waals surface area (Å²) < 4.78 is 0.848. The van der Waals surface area contributed by atoms with Crippen LogP contribution in [0.5, 0.6) is 0 Å². The molecule has 0 aliphatic carbocycles. The number of para-hydroxylation sites is 3. The van der Waals surface area contributed by atoms with Gasteiger partial charge in [-0.15, -0.1) is 0 Å². The molecule has 0 amide bonds. The fourth-order valence-corrected chi connectivity index (χ4v) is 3.85. The van der Waals surface area contributed by atoms with Crippen LogP contribution in [0, 0.1) is 6.92 Å². The second-order valence-electron chi connectivity index (χ2n) is 6.48. The van der Waals surface area contributed by atoms with Gasteiger partial charge in [-0.25, -0.2) is 4.48 Å². The molecule has 0 saturated carbocycles. The van der Waals surface area contributed by atoms with E-state index in [9.17, 15) is 0 Å². The van der Waals surface area contributed by atoms with Gasteiger partial charge in [0.15, 0.2) is 11.9 Å². The van der Waals surface area contributed by atoms with Crippen molar-refractivity contribution in [3.63, 3.8) is 0 Å². The maximum absolute atomic E-state index is 2.54. The Bertz CT molecular complexity index is 662. The molecule has 1 heterocycles. The minimum atomic E-state index is 0.392. The van der Waals surface area contributed by atoms with Crippen LogP contribution in [0.25, 0.3) is 0 Å². The largest absolute Gasteiger partial charge is 0.315 e. The van der Waals surface area contributed by atoms with E-state index in [4.69, 9.17) is 0 Å². The molecule has 2 heteroatoms. The van der Waals surface area contributed by atoms with E-state index in [-0.39, 0.29) is 0 Å². The number of rotatable bonds is 2. The van der Waals surface area contributed by atoms with E-state index >= 15 is 0 Å². The Morgan fingerprint density at radius 2 is 1.52 bits per heavy atom. The summed E-state index contributed by atoms with van der Waals surface area (Å²) in [4.78, 5) is 2.54. The van der Waals surface area contributed by atoms with Crippen molar-refractivity contribution in [1.82, 2.24) is 4.48 Å². The van der Waals surface area contributed by atoms with E-state index in [0.29, 0.717) is 12.2 Å². The number of nitrogens with zero attached hydrogens (tertiary/aromatic N) is 2. The highest BCUT2D eigenvalue weighted by atomic mass is 15.5. The standard InChI is InChI=1S/C19H25N2/c1-14(2)20-16(4)21(5,18-12-8-6-10-15(18)3)19-13-9-7-11-17(19)20/h6-14,16H,1-5H3/q+1. The lowest BCUT2D eigenvalue weighted by Gasteiger charge is -2.38. The SMILES string of the molecule is Cc1ccccc1[N+]1(C)c2ccccc2N(C(C)C)C1C. The van der Waals surface area contributed by atoms with Crippen molar-refractivity contribution >= 4 is 17.1 Å². The van der Waals surface area contributed by atoms with Crippen LogP contribution in [0.4, 0.5) is 17.1 Å². The quantitative estimate of drug-likeness (QED) is 0.712. The van der Waals surface area contributed by atoms with Gasteiger partial charge in [-0.1, -0.05) is 30.3 Å². The first kappa shape index (κ1) is 14.2. The van der Waals surface area contributed by atoms with Crippen molar-refractivity contribution in [3.8, 4) is 0 Å². The Morgan fingerprint density at radius 3 is 2.14 bits per heavy atom. The lowest BCUT2D eigenvalue weighted by Crippen LogP contribution is -2.53. The summed E-state index contributed by atoms with van der Waals surface area (Å²) in [6.07, 6.45) is 0.392. The van der Waals surface area contributed by atoms with E-state index in [1.165, 1.54) is 22.6 Å². The molecule has 21 heavy (non-hydrogen) atoms. The zero-order valence-electron chi connectivity index (χ0n) is 13.7. The zero-order chi connectivity index (χ0) is 15.2. The molecule has 1 aliphatic heterocycles. The minimum absolute atomic E-state index is 0.392. The molecule has 110 valence electrons. The average Bonchev–Trinajstić information content (AvgIpc) is 2.69. The van der Waals surface area contributed by atoms with Crippen LogP contribution < -0.4 is 9.38 Å². The van der Waals surface area contributed by atoms with Crippen LogP contribution in [-0.2, 0) is 0 Å². The van der Waals surface area contributed by atoms with E-state index < -0.39 is 0 Å². The Hall–Kier alpha value is -1.80. The lowest BCUT2D eigenvalue weighted by atomic mass is 10.1. The number of anilines is 1. The van der Waals surface area contributed by atoms with Gasteiger partial charge in [0.1, 0.15) is 11.4 Å². The Balaban J connectivity index is 2.26. The van der Waals surface area contributed by atoms with Crippen molar-refractivity contribution in [2.45, 2.75) is 39.9 Å². The van der Waals surface area contributed by atoms with Crippen molar-refractivity contribution in [3.05, 3.63) is 54.1 Å². The highest BCUT2D eigenvalue weighted by Crippen LogP contribution is 2.50. The molecule has 0 saturated heterocycles. The second kappa shape index (κ2) is 4.88. The molecule has 2 unspecified atom stereocenters. The third-order valence-electron chi connectivity index (χ3n) is 4.98. The fourth-order valence-electron chi connectivity index (χ4n) is 3.85. The number of aryl methyl sites for hydroxylation is 1. The van der Waals surface area contributed by atoms with Gasteiger partial charge in [-0.3, -0.25) is 0 Å². The second-order valence-corrected chi connectivity index (χ2v) is 6.48. The Kier molecular flexibility index (Phi) is 3.29. The number of fused-ring (bicyclic) bond motifs is 1. The maximum atomic E-state index is 2.54. The van der Waals surface area contributed by atoms with Gasteiger partial charge >= 0.3 is 0 Å². The van der Waals surface area contributed by atoms with Gasteiger partial charge < -0.3 is 4.90 Å². The van der Waals surface area contributed by atoms with Crippen molar-refractivity contribution in [2.24, 2.45) is 0 Å². The molecule has 0 radical (unpaired) electrons. The first-order valence-corrected chi connectivity index (χ1v) is 7.78. The average molecular weight is 281 g/mol. The molecular formula is C19H25N2+. The molecular weight excluding hydrogens is 256 g/mol. The van der Waals surface area contributed by atoms with Crippen LogP contribution in [0.1, 0.15) is 26.3 Å². The van der Waals surface area contributed by atoms with Gasteiger partial charge in [-0.05, 0) is 32.9 Å². The van der Waals surface area contributed by atoms with Gasteiger partial charge in [-0.2, -0.15) is 0 Å². The van der Waals surface area contributed by atoms with Crippen LogP contribution in [0.2, 0.25) is 0 Å². The van der Waals surface area contributed by atoms with Crippen LogP contribution in [-0.4, -0.2) is 19.3 Å². The summed E-state index contributed by atoms with van der Waals surface area (Å²) in [7, 11) is 2.34. The third kappa shape index (κ3) is 1.90. The number of hydrogen-bond acceptors (Lipinski definition) is 1. The highest BCUT2D eigenvalue weighted by Gasteiger charge is 2.48. The molecule has 2 atom stereocenters. The molecule has 0 bridgehead atoms. The summed E-state index contributed by atoms with van der Waals surface area (Å²) in [5.41, 5.74) is 5.51. The van der Waals surface area contributed by atoms with Crippen molar-refractivity contribution in [1.29, 1.82) is 0 Å². The highest BCUT2D eigenvalue weighted by molar-refractivity contribution is 5.80.